The average molecular weight is 553 g/mol. The highest BCUT2D eigenvalue weighted by Crippen LogP contribution is 2.49. The number of hydrogen-bond donors (Lipinski definition) is 2. The molecular weight excluding hydrogens is 507 g/mol. The molecule has 1 aliphatic heterocycles. The first-order chi connectivity index (χ1) is 18.9. The number of likely N-dealkylation sites (tertiary alicyclic amines) is 1. The fourth-order valence-corrected chi connectivity index (χ4v) is 6.82. The fraction of sp³-hybridized carbons (Fsp3) is 0.576. The van der Waals surface area contributed by atoms with Gasteiger partial charge in [0.25, 0.3) is 0 Å². The van der Waals surface area contributed by atoms with Gasteiger partial charge < -0.3 is 20.1 Å². The molecule has 0 aromatic heterocycles. The number of rotatable bonds is 8. The van der Waals surface area contributed by atoms with E-state index in [4.69, 9.17) is 4.74 Å². The molecule has 0 unspecified atom stereocenters. The molecular formula is C33H45FN2O4. The summed E-state index contributed by atoms with van der Waals surface area (Å²) < 4.78 is 19.7. The SMILES string of the molecule is COc1ccc(C(C)C)cc1CN[C@H]1[C@H](C(C)(C)C)[C@@H](C(=O)O)N(C(=O)C2CCCCC2)[C@H]1c1ccc(F)cc1. The molecule has 218 valence electrons. The quantitative estimate of drug-likeness (QED) is 0.381. The van der Waals surface area contributed by atoms with E-state index < -0.39 is 29.4 Å². The molecule has 4 rings (SSSR count). The maximum absolute atomic E-state index is 14.2. The molecule has 2 aromatic carbocycles. The van der Waals surface area contributed by atoms with E-state index >= 15 is 0 Å². The molecule has 2 aromatic rings. The number of benzene rings is 2. The largest absolute Gasteiger partial charge is 0.496 e. The number of carboxylic acid groups (broad SMARTS) is 1. The molecule has 0 spiro atoms. The van der Waals surface area contributed by atoms with Crippen molar-refractivity contribution in [2.24, 2.45) is 17.3 Å². The van der Waals surface area contributed by atoms with Crippen molar-refractivity contribution < 1.29 is 23.8 Å². The van der Waals surface area contributed by atoms with Gasteiger partial charge in [0.1, 0.15) is 17.6 Å². The average Bonchev–Trinajstić information content (AvgIpc) is 3.28. The third-order valence-corrected chi connectivity index (χ3v) is 8.84. The van der Waals surface area contributed by atoms with Crippen molar-refractivity contribution in [3.05, 3.63) is 65.0 Å². The molecule has 1 saturated heterocycles. The number of halogens is 1. The van der Waals surface area contributed by atoms with Crippen LogP contribution in [0.2, 0.25) is 0 Å². The minimum atomic E-state index is -1.01. The molecule has 0 radical (unpaired) electrons. The Morgan fingerprint density at radius 3 is 2.27 bits per heavy atom. The highest BCUT2D eigenvalue weighted by molar-refractivity contribution is 5.87. The van der Waals surface area contributed by atoms with Gasteiger partial charge in [-0.25, -0.2) is 9.18 Å². The van der Waals surface area contributed by atoms with Gasteiger partial charge in [-0.2, -0.15) is 0 Å². The lowest BCUT2D eigenvalue weighted by molar-refractivity contribution is -0.154. The van der Waals surface area contributed by atoms with Gasteiger partial charge in [0.2, 0.25) is 5.91 Å². The maximum atomic E-state index is 14.2. The van der Waals surface area contributed by atoms with Crippen LogP contribution >= 0.6 is 0 Å². The summed E-state index contributed by atoms with van der Waals surface area (Å²) >= 11 is 0. The number of carbonyl (C=O) groups is 2. The Morgan fingerprint density at radius 2 is 1.73 bits per heavy atom. The van der Waals surface area contributed by atoms with Gasteiger partial charge in [-0.3, -0.25) is 4.79 Å². The normalized spacial score (nSPS) is 23.9. The summed E-state index contributed by atoms with van der Waals surface area (Å²) in [7, 11) is 1.65. The molecule has 4 atom stereocenters. The van der Waals surface area contributed by atoms with Crippen LogP contribution < -0.4 is 10.1 Å². The Morgan fingerprint density at radius 1 is 1.07 bits per heavy atom. The second-order valence-corrected chi connectivity index (χ2v) is 12.9. The predicted molar refractivity (Wildman–Crippen MR) is 155 cm³/mol. The van der Waals surface area contributed by atoms with E-state index in [-0.39, 0.29) is 23.7 Å². The Balaban J connectivity index is 1.82. The van der Waals surface area contributed by atoms with E-state index in [0.717, 1.165) is 49.0 Å². The highest BCUT2D eigenvalue weighted by atomic mass is 19.1. The monoisotopic (exact) mass is 552 g/mol. The Hall–Kier alpha value is -2.93. The van der Waals surface area contributed by atoms with Crippen LogP contribution in [0.1, 0.15) is 95.4 Å². The van der Waals surface area contributed by atoms with Crippen LogP contribution in [0.25, 0.3) is 0 Å². The zero-order valence-electron chi connectivity index (χ0n) is 24.7. The zero-order valence-corrected chi connectivity index (χ0v) is 24.7. The molecule has 1 saturated carbocycles. The Kier molecular flexibility index (Phi) is 9.23. The van der Waals surface area contributed by atoms with Gasteiger partial charge >= 0.3 is 5.97 Å². The minimum absolute atomic E-state index is 0.0978. The molecule has 2 N–H and O–H groups in total. The van der Waals surface area contributed by atoms with Crippen molar-refractivity contribution in [2.75, 3.05) is 7.11 Å². The number of hydrogen-bond acceptors (Lipinski definition) is 4. The van der Waals surface area contributed by atoms with Crippen molar-refractivity contribution in [3.8, 4) is 5.75 Å². The topological polar surface area (TPSA) is 78.9 Å². The number of ether oxygens (including phenoxy) is 1. The summed E-state index contributed by atoms with van der Waals surface area (Å²) in [5.74, 6) is -0.962. The molecule has 1 amide bonds. The van der Waals surface area contributed by atoms with E-state index in [9.17, 15) is 19.1 Å². The number of nitrogens with one attached hydrogen (secondary N) is 1. The second-order valence-electron chi connectivity index (χ2n) is 12.9. The van der Waals surface area contributed by atoms with Gasteiger partial charge in [-0.15, -0.1) is 0 Å². The summed E-state index contributed by atoms with van der Waals surface area (Å²) in [4.78, 5) is 28.9. The summed E-state index contributed by atoms with van der Waals surface area (Å²) in [6.45, 7) is 10.8. The number of aliphatic carboxylic acids is 1. The standard InChI is InChI=1S/C33H45FN2O4/c1-20(2)23-14-17-26(40-6)24(18-23)19-35-28-27(33(3,4)5)30(32(38)39)36(31(37)22-10-8-7-9-11-22)29(28)21-12-15-25(34)16-13-21/h12-18,20,22,27-30,35H,7-11,19H2,1-6H3,(H,38,39)/t27-,28-,29-,30-/m0/s1. The van der Waals surface area contributed by atoms with Gasteiger partial charge in [0, 0.05) is 30.0 Å². The second kappa shape index (κ2) is 12.3. The first-order valence-electron chi connectivity index (χ1n) is 14.6. The van der Waals surface area contributed by atoms with E-state index in [0.29, 0.717) is 12.5 Å². The third kappa shape index (κ3) is 6.19. The fourth-order valence-electron chi connectivity index (χ4n) is 6.82. The number of carboxylic acids is 1. The van der Waals surface area contributed by atoms with Crippen LogP contribution in [0, 0.1) is 23.1 Å². The first kappa shape index (κ1) is 30.0. The summed E-state index contributed by atoms with van der Waals surface area (Å²) in [6, 6.07) is 10.4. The smallest absolute Gasteiger partial charge is 0.326 e. The van der Waals surface area contributed by atoms with E-state index in [2.05, 4.69) is 31.3 Å². The molecule has 0 bridgehead atoms. The lowest BCUT2D eigenvalue weighted by Gasteiger charge is -2.36. The van der Waals surface area contributed by atoms with Gasteiger partial charge in [0.05, 0.1) is 13.2 Å². The zero-order chi connectivity index (χ0) is 29.2. The molecule has 40 heavy (non-hydrogen) atoms. The number of carbonyl (C=O) groups excluding carboxylic acids is 1. The van der Waals surface area contributed by atoms with Crippen molar-refractivity contribution in [1.82, 2.24) is 10.2 Å². The summed E-state index contributed by atoms with van der Waals surface area (Å²) in [5.41, 5.74) is 2.46. The predicted octanol–water partition coefficient (Wildman–Crippen LogP) is 6.70. The molecule has 2 aliphatic rings. The van der Waals surface area contributed by atoms with Gasteiger partial charge in [-0.1, -0.05) is 78.1 Å². The van der Waals surface area contributed by atoms with Crippen molar-refractivity contribution in [1.29, 1.82) is 0 Å². The molecule has 2 fully saturated rings. The van der Waals surface area contributed by atoms with Crippen LogP contribution in [0.3, 0.4) is 0 Å². The maximum Gasteiger partial charge on any atom is 0.326 e. The van der Waals surface area contributed by atoms with E-state index in [1.165, 1.54) is 17.7 Å². The molecule has 1 heterocycles. The number of methoxy groups -OCH3 is 1. The summed E-state index contributed by atoms with van der Waals surface area (Å²) in [6.07, 6.45) is 4.59. The van der Waals surface area contributed by atoms with Crippen LogP contribution in [0.15, 0.2) is 42.5 Å². The highest BCUT2D eigenvalue weighted by Gasteiger charge is 2.58. The lowest BCUT2D eigenvalue weighted by atomic mass is 9.72. The van der Waals surface area contributed by atoms with Crippen molar-refractivity contribution >= 4 is 11.9 Å². The van der Waals surface area contributed by atoms with Gasteiger partial charge in [-0.05, 0) is 53.5 Å². The first-order valence-corrected chi connectivity index (χ1v) is 14.6. The van der Waals surface area contributed by atoms with Gasteiger partial charge in [0.15, 0.2) is 0 Å². The summed E-state index contributed by atoms with van der Waals surface area (Å²) in [5, 5.41) is 14.4. The van der Waals surface area contributed by atoms with Crippen molar-refractivity contribution in [3.63, 3.8) is 0 Å². The van der Waals surface area contributed by atoms with Crippen LogP contribution in [0.4, 0.5) is 4.39 Å². The molecule has 1 aliphatic carbocycles. The molecule has 6 nitrogen and oxygen atoms in total. The minimum Gasteiger partial charge on any atom is -0.496 e. The lowest BCUT2D eigenvalue weighted by Crippen LogP contribution is -2.49. The Bertz CT molecular complexity index is 1180. The number of nitrogens with zero attached hydrogens (tertiary/aromatic N) is 1. The molecule has 7 heteroatoms. The number of amides is 1. The third-order valence-electron chi connectivity index (χ3n) is 8.84. The van der Waals surface area contributed by atoms with Crippen LogP contribution in [0.5, 0.6) is 5.75 Å². The Labute approximate surface area is 238 Å². The van der Waals surface area contributed by atoms with Crippen molar-refractivity contribution in [2.45, 2.75) is 97.3 Å². The van der Waals surface area contributed by atoms with Crippen LogP contribution in [-0.2, 0) is 16.1 Å². The van der Waals surface area contributed by atoms with E-state index in [1.54, 1.807) is 24.1 Å². The van der Waals surface area contributed by atoms with E-state index in [1.807, 2.05) is 26.8 Å². The van der Waals surface area contributed by atoms with Crippen LogP contribution in [-0.4, -0.2) is 41.1 Å².